The molecule has 0 aliphatic carbocycles. The lowest BCUT2D eigenvalue weighted by Crippen LogP contribution is -2.09. The summed E-state index contributed by atoms with van der Waals surface area (Å²) in [6, 6.07) is 2.78. The highest BCUT2D eigenvalue weighted by Crippen LogP contribution is 2.21. The minimum atomic E-state index is -1.10. The predicted octanol–water partition coefficient (Wildman–Crippen LogP) is 2.98. The van der Waals surface area contributed by atoms with Gasteiger partial charge in [0.05, 0.1) is 11.1 Å². The number of hydrogen-bond donors (Lipinski definition) is 2. The van der Waals surface area contributed by atoms with Gasteiger partial charge in [0.15, 0.2) is 0 Å². The first-order valence-corrected chi connectivity index (χ1v) is 5.93. The Morgan fingerprint density at radius 3 is 2.22 bits per heavy atom. The molecule has 0 unspecified atom stereocenters. The second kappa shape index (κ2) is 5.67. The summed E-state index contributed by atoms with van der Waals surface area (Å²) in [4.78, 5) is 22.1. The quantitative estimate of drug-likeness (QED) is 0.842. The van der Waals surface area contributed by atoms with Crippen molar-refractivity contribution in [3.05, 3.63) is 34.4 Å². The lowest BCUT2D eigenvalue weighted by atomic mass is 9.92. The molecule has 98 valence electrons. The van der Waals surface area contributed by atoms with Crippen LogP contribution < -0.4 is 0 Å². The van der Waals surface area contributed by atoms with Crippen LogP contribution in [0.5, 0.6) is 0 Å². The molecule has 1 aromatic rings. The summed E-state index contributed by atoms with van der Waals surface area (Å²) < 4.78 is 0. The van der Waals surface area contributed by atoms with Crippen LogP contribution in [0.1, 0.15) is 52.1 Å². The van der Waals surface area contributed by atoms with Gasteiger partial charge in [0.2, 0.25) is 0 Å². The number of carbonyl (C=O) groups is 2. The van der Waals surface area contributed by atoms with Gasteiger partial charge in [0, 0.05) is 0 Å². The number of rotatable bonds is 5. The number of hydrogen-bond acceptors (Lipinski definition) is 2. The maximum atomic E-state index is 11.2. The van der Waals surface area contributed by atoms with Crippen LogP contribution in [0.2, 0.25) is 0 Å². The molecule has 0 aliphatic heterocycles. The van der Waals surface area contributed by atoms with Crippen molar-refractivity contribution in [1.82, 2.24) is 0 Å². The summed E-state index contributed by atoms with van der Waals surface area (Å²) in [6.45, 7) is 5.90. The maximum Gasteiger partial charge on any atom is 0.335 e. The number of aryl methyl sites for hydroxylation is 1. The van der Waals surface area contributed by atoms with Crippen LogP contribution in [0.15, 0.2) is 12.1 Å². The first kappa shape index (κ1) is 14.2. The first-order chi connectivity index (χ1) is 8.32. The van der Waals surface area contributed by atoms with E-state index in [0.717, 1.165) is 17.5 Å². The normalized spacial score (nSPS) is 10.7. The first-order valence-electron chi connectivity index (χ1n) is 5.93. The van der Waals surface area contributed by atoms with Gasteiger partial charge in [-0.1, -0.05) is 13.8 Å². The molecule has 0 heterocycles. The van der Waals surface area contributed by atoms with Crippen molar-refractivity contribution in [2.75, 3.05) is 0 Å². The number of benzene rings is 1. The molecule has 0 atom stereocenters. The van der Waals surface area contributed by atoms with Gasteiger partial charge in [-0.05, 0) is 48.9 Å². The summed E-state index contributed by atoms with van der Waals surface area (Å²) in [5, 5.41) is 18.1. The minimum absolute atomic E-state index is 0.0261. The number of carboxylic acid groups (broad SMARTS) is 2. The Morgan fingerprint density at radius 2 is 1.78 bits per heavy atom. The molecule has 4 heteroatoms. The molecule has 0 aliphatic rings. The highest BCUT2D eigenvalue weighted by atomic mass is 16.4. The Morgan fingerprint density at radius 1 is 1.17 bits per heavy atom. The Hall–Kier alpha value is -1.84. The molecule has 18 heavy (non-hydrogen) atoms. The van der Waals surface area contributed by atoms with Gasteiger partial charge in [0.25, 0.3) is 0 Å². The molecule has 0 radical (unpaired) electrons. The van der Waals surface area contributed by atoms with Gasteiger partial charge in [-0.2, -0.15) is 0 Å². The van der Waals surface area contributed by atoms with E-state index < -0.39 is 11.9 Å². The molecule has 2 N–H and O–H groups in total. The van der Waals surface area contributed by atoms with E-state index in [1.54, 1.807) is 6.92 Å². The van der Waals surface area contributed by atoms with Crippen LogP contribution in [-0.2, 0) is 6.42 Å². The van der Waals surface area contributed by atoms with E-state index in [1.807, 2.05) is 0 Å². The van der Waals surface area contributed by atoms with E-state index in [2.05, 4.69) is 13.8 Å². The molecule has 0 bridgehead atoms. The third kappa shape index (κ3) is 3.32. The lowest BCUT2D eigenvalue weighted by Gasteiger charge is -2.12. The van der Waals surface area contributed by atoms with Gasteiger partial charge < -0.3 is 10.2 Å². The molecule has 0 saturated carbocycles. The third-order valence-corrected chi connectivity index (χ3v) is 2.92. The number of carboxylic acids is 2. The fraction of sp³-hybridized carbons (Fsp3) is 0.429. The van der Waals surface area contributed by atoms with Crippen LogP contribution in [-0.4, -0.2) is 22.2 Å². The van der Waals surface area contributed by atoms with Crippen LogP contribution in [0.3, 0.4) is 0 Å². The van der Waals surface area contributed by atoms with Crippen LogP contribution in [0.25, 0.3) is 0 Å². The summed E-state index contributed by atoms with van der Waals surface area (Å²) in [5.41, 5.74) is 1.60. The smallest absolute Gasteiger partial charge is 0.335 e. The van der Waals surface area contributed by atoms with Crippen molar-refractivity contribution < 1.29 is 19.8 Å². The van der Waals surface area contributed by atoms with Crippen molar-refractivity contribution >= 4 is 11.9 Å². The zero-order valence-electron chi connectivity index (χ0n) is 10.9. The van der Waals surface area contributed by atoms with E-state index in [4.69, 9.17) is 10.2 Å². The fourth-order valence-electron chi connectivity index (χ4n) is 1.90. The molecule has 0 saturated heterocycles. The molecule has 0 spiro atoms. The maximum absolute atomic E-state index is 11.2. The lowest BCUT2D eigenvalue weighted by molar-refractivity contribution is 0.0695. The molecular weight excluding hydrogens is 232 g/mol. The van der Waals surface area contributed by atoms with Crippen molar-refractivity contribution in [3.63, 3.8) is 0 Å². The largest absolute Gasteiger partial charge is 0.478 e. The topological polar surface area (TPSA) is 74.6 Å². The second-order valence-corrected chi connectivity index (χ2v) is 4.86. The molecule has 0 fully saturated rings. The van der Waals surface area contributed by atoms with E-state index in [-0.39, 0.29) is 11.1 Å². The van der Waals surface area contributed by atoms with Crippen LogP contribution in [0, 0.1) is 12.8 Å². The molecule has 0 amide bonds. The minimum Gasteiger partial charge on any atom is -0.478 e. The third-order valence-electron chi connectivity index (χ3n) is 2.92. The zero-order valence-corrected chi connectivity index (χ0v) is 10.9. The highest BCUT2D eigenvalue weighted by molar-refractivity contribution is 5.95. The summed E-state index contributed by atoms with van der Waals surface area (Å²) in [7, 11) is 0. The van der Waals surface area contributed by atoms with Crippen LogP contribution in [0.4, 0.5) is 0 Å². The second-order valence-electron chi connectivity index (χ2n) is 4.86. The van der Waals surface area contributed by atoms with E-state index in [0.29, 0.717) is 12.3 Å². The van der Waals surface area contributed by atoms with Gasteiger partial charge in [-0.25, -0.2) is 9.59 Å². The van der Waals surface area contributed by atoms with E-state index >= 15 is 0 Å². The summed E-state index contributed by atoms with van der Waals surface area (Å²) >= 11 is 0. The van der Waals surface area contributed by atoms with Gasteiger partial charge in [-0.3, -0.25) is 0 Å². The van der Waals surface area contributed by atoms with Crippen molar-refractivity contribution in [2.45, 2.75) is 33.6 Å². The molecular formula is C14H18O4. The van der Waals surface area contributed by atoms with E-state index in [1.165, 1.54) is 12.1 Å². The average molecular weight is 250 g/mol. The fourth-order valence-corrected chi connectivity index (χ4v) is 1.90. The zero-order chi connectivity index (χ0) is 13.9. The Labute approximate surface area is 106 Å². The van der Waals surface area contributed by atoms with Crippen molar-refractivity contribution in [1.29, 1.82) is 0 Å². The monoisotopic (exact) mass is 250 g/mol. The highest BCUT2D eigenvalue weighted by Gasteiger charge is 2.16. The van der Waals surface area contributed by atoms with Gasteiger partial charge >= 0.3 is 11.9 Å². The van der Waals surface area contributed by atoms with Crippen molar-refractivity contribution in [2.24, 2.45) is 5.92 Å². The standard InChI is InChI=1S/C14H18O4/c1-8(2)4-5-11-9(3)6-10(13(15)16)7-12(11)14(17)18/h6-8H,4-5H2,1-3H3,(H,15,16)(H,17,18). The molecule has 1 rings (SSSR count). The van der Waals surface area contributed by atoms with E-state index in [9.17, 15) is 9.59 Å². The summed E-state index contributed by atoms with van der Waals surface area (Å²) in [6.07, 6.45) is 1.54. The SMILES string of the molecule is Cc1cc(C(=O)O)cc(C(=O)O)c1CCC(C)C. The Balaban J connectivity index is 3.23. The van der Waals surface area contributed by atoms with Gasteiger partial charge in [-0.15, -0.1) is 0 Å². The van der Waals surface area contributed by atoms with Gasteiger partial charge in [0.1, 0.15) is 0 Å². The molecule has 4 nitrogen and oxygen atoms in total. The Bertz CT molecular complexity index is 475. The molecule has 0 aromatic heterocycles. The number of aromatic carboxylic acids is 2. The van der Waals surface area contributed by atoms with Crippen molar-refractivity contribution in [3.8, 4) is 0 Å². The molecule has 1 aromatic carbocycles. The summed E-state index contributed by atoms with van der Waals surface area (Å²) in [5.74, 6) is -1.69. The predicted molar refractivity (Wildman–Crippen MR) is 68.3 cm³/mol. The average Bonchev–Trinajstić information content (AvgIpc) is 2.25. The Kier molecular flexibility index (Phi) is 4.48. The van der Waals surface area contributed by atoms with Crippen LogP contribution >= 0.6 is 0 Å².